The molecule has 0 atom stereocenters. The van der Waals surface area contributed by atoms with E-state index in [-0.39, 0.29) is 11.2 Å². The fourth-order valence-electron chi connectivity index (χ4n) is 2.56. The third-order valence-electron chi connectivity index (χ3n) is 3.67. The van der Waals surface area contributed by atoms with Gasteiger partial charge in [-0.05, 0) is 5.56 Å². The smallest absolute Gasteiger partial charge is 0.194 e. The van der Waals surface area contributed by atoms with Crippen LogP contribution in [0.3, 0.4) is 0 Å². The summed E-state index contributed by atoms with van der Waals surface area (Å²) in [5.41, 5.74) is 2.59. The zero-order chi connectivity index (χ0) is 17.7. The molecule has 3 rings (SSSR count). The molecular weight excluding hydrogens is 348 g/mol. The SMILES string of the molecule is CC(C)(C)c1[nH]n2nc(-c3ccccc3CS(C)(=O)=O)nc2c1Cl. The molecule has 0 spiro atoms. The molecule has 0 unspecified atom stereocenters. The Hall–Kier alpha value is -1.86. The fraction of sp³-hybridized carbons (Fsp3) is 0.375. The van der Waals surface area contributed by atoms with E-state index in [4.69, 9.17) is 11.6 Å². The molecule has 0 saturated heterocycles. The summed E-state index contributed by atoms with van der Waals surface area (Å²) in [6, 6.07) is 7.22. The van der Waals surface area contributed by atoms with E-state index in [1.807, 2.05) is 32.9 Å². The Bertz CT molecular complexity index is 1010. The first-order valence-corrected chi connectivity index (χ1v) is 9.91. The number of nitrogens with zero attached hydrogens (tertiary/aromatic N) is 3. The van der Waals surface area contributed by atoms with E-state index in [9.17, 15) is 8.42 Å². The molecule has 2 heterocycles. The van der Waals surface area contributed by atoms with Gasteiger partial charge >= 0.3 is 0 Å². The second kappa shape index (κ2) is 5.60. The quantitative estimate of drug-likeness (QED) is 0.771. The Morgan fingerprint density at radius 1 is 1.25 bits per heavy atom. The topological polar surface area (TPSA) is 80.1 Å². The van der Waals surface area contributed by atoms with Crippen LogP contribution in [0.5, 0.6) is 0 Å². The Morgan fingerprint density at radius 3 is 2.50 bits per heavy atom. The average molecular weight is 367 g/mol. The molecule has 6 nitrogen and oxygen atoms in total. The number of halogens is 1. The van der Waals surface area contributed by atoms with Crippen LogP contribution < -0.4 is 0 Å². The zero-order valence-electron chi connectivity index (χ0n) is 14.0. The lowest BCUT2D eigenvalue weighted by Crippen LogP contribution is -2.13. The van der Waals surface area contributed by atoms with Gasteiger partial charge < -0.3 is 0 Å². The molecule has 0 aliphatic rings. The van der Waals surface area contributed by atoms with Gasteiger partial charge in [0.15, 0.2) is 21.3 Å². The van der Waals surface area contributed by atoms with Crippen LogP contribution in [0.15, 0.2) is 24.3 Å². The third-order valence-corrected chi connectivity index (χ3v) is 4.86. The van der Waals surface area contributed by atoms with Crippen LogP contribution in [0, 0.1) is 0 Å². The first kappa shape index (κ1) is 17.0. The molecule has 0 saturated carbocycles. The summed E-state index contributed by atoms with van der Waals surface area (Å²) in [5, 5.41) is 8.12. The van der Waals surface area contributed by atoms with E-state index in [0.717, 1.165) is 5.69 Å². The highest BCUT2D eigenvalue weighted by atomic mass is 35.5. The minimum Gasteiger partial charge on any atom is -0.278 e. The highest BCUT2D eigenvalue weighted by Gasteiger charge is 2.25. The summed E-state index contributed by atoms with van der Waals surface area (Å²) in [5.74, 6) is 0.389. The fourth-order valence-corrected chi connectivity index (χ4v) is 3.82. The van der Waals surface area contributed by atoms with Crippen molar-refractivity contribution in [3.63, 3.8) is 0 Å². The molecule has 1 N–H and O–H groups in total. The molecule has 2 aromatic heterocycles. The lowest BCUT2D eigenvalue weighted by molar-refractivity contribution is 0.557. The van der Waals surface area contributed by atoms with Gasteiger partial charge in [-0.3, -0.25) is 5.10 Å². The van der Waals surface area contributed by atoms with Crippen molar-refractivity contribution in [2.45, 2.75) is 31.9 Å². The van der Waals surface area contributed by atoms with Crippen molar-refractivity contribution in [3.05, 3.63) is 40.5 Å². The number of sulfone groups is 1. The van der Waals surface area contributed by atoms with Gasteiger partial charge in [0, 0.05) is 17.2 Å². The average Bonchev–Trinajstić information content (AvgIpc) is 2.97. The van der Waals surface area contributed by atoms with Gasteiger partial charge in [0.2, 0.25) is 0 Å². The Labute approximate surface area is 145 Å². The first-order valence-electron chi connectivity index (χ1n) is 7.47. The maximum Gasteiger partial charge on any atom is 0.194 e. The number of aromatic nitrogens is 4. The Kier molecular flexibility index (Phi) is 3.96. The molecule has 0 bridgehead atoms. The van der Waals surface area contributed by atoms with Gasteiger partial charge in [-0.1, -0.05) is 56.6 Å². The highest BCUT2D eigenvalue weighted by Crippen LogP contribution is 2.32. The van der Waals surface area contributed by atoms with Crippen LogP contribution in [0.2, 0.25) is 5.02 Å². The lowest BCUT2D eigenvalue weighted by Gasteiger charge is -2.16. The van der Waals surface area contributed by atoms with Crippen LogP contribution in [-0.4, -0.2) is 34.5 Å². The number of hydrogen-bond donors (Lipinski definition) is 1. The molecule has 3 aromatic rings. The lowest BCUT2D eigenvalue weighted by atomic mass is 9.92. The van der Waals surface area contributed by atoms with Crippen LogP contribution in [-0.2, 0) is 21.0 Å². The molecule has 0 aliphatic carbocycles. The minimum absolute atomic E-state index is 0.0582. The normalized spacial score (nSPS) is 12.9. The van der Waals surface area contributed by atoms with E-state index in [1.54, 1.807) is 12.1 Å². The summed E-state index contributed by atoms with van der Waals surface area (Å²) < 4.78 is 24.8. The van der Waals surface area contributed by atoms with Crippen molar-refractivity contribution >= 4 is 27.1 Å². The van der Waals surface area contributed by atoms with Crippen molar-refractivity contribution in [2.24, 2.45) is 0 Å². The van der Waals surface area contributed by atoms with Crippen LogP contribution >= 0.6 is 11.6 Å². The van der Waals surface area contributed by atoms with E-state index < -0.39 is 9.84 Å². The number of rotatable bonds is 3. The maximum atomic E-state index is 11.6. The maximum absolute atomic E-state index is 11.6. The zero-order valence-corrected chi connectivity index (χ0v) is 15.5. The molecule has 1 aromatic carbocycles. The Balaban J connectivity index is 2.12. The van der Waals surface area contributed by atoms with Crippen molar-refractivity contribution < 1.29 is 8.42 Å². The molecule has 0 radical (unpaired) electrons. The Morgan fingerprint density at radius 2 is 1.92 bits per heavy atom. The second-order valence-corrected chi connectivity index (χ2v) is 9.47. The number of benzene rings is 1. The van der Waals surface area contributed by atoms with Gasteiger partial charge in [-0.25, -0.2) is 13.4 Å². The summed E-state index contributed by atoms with van der Waals surface area (Å²) in [7, 11) is -3.15. The molecule has 0 amide bonds. The van der Waals surface area contributed by atoms with Crippen molar-refractivity contribution in [1.29, 1.82) is 0 Å². The van der Waals surface area contributed by atoms with E-state index in [0.29, 0.717) is 27.6 Å². The molecule has 0 fully saturated rings. The van der Waals surface area contributed by atoms with Crippen LogP contribution in [0.1, 0.15) is 32.0 Å². The highest BCUT2D eigenvalue weighted by molar-refractivity contribution is 7.89. The van der Waals surface area contributed by atoms with Crippen LogP contribution in [0.25, 0.3) is 17.0 Å². The van der Waals surface area contributed by atoms with Gasteiger partial charge in [0.25, 0.3) is 0 Å². The number of nitrogens with one attached hydrogen (secondary N) is 1. The van der Waals surface area contributed by atoms with Gasteiger partial charge in [-0.2, -0.15) is 4.63 Å². The van der Waals surface area contributed by atoms with Gasteiger partial charge in [0.1, 0.15) is 5.02 Å². The molecule has 8 heteroatoms. The number of fused-ring (bicyclic) bond motifs is 1. The summed E-state index contributed by atoms with van der Waals surface area (Å²) in [4.78, 5) is 4.50. The standard InChI is InChI=1S/C16H19ClN4O2S/c1-16(2,3)13-12(17)15-18-14(20-21(15)19-13)11-8-6-5-7-10(11)9-24(4,22)23/h5-8,19H,9H2,1-4H3. The molecule has 24 heavy (non-hydrogen) atoms. The van der Waals surface area contributed by atoms with Crippen molar-refractivity contribution in [3.8, 4) is 11.4 Å². The molecule has 0 aliphatic heterocycles. The monoisotopic (exact) mass is 366 g/mol. The van der Waals surface area contributed by atoms with E-state index in [1.165, 1.54) is 10.9 Å². The van der Waals surface area contributed by atoms with E-state index >= 15 is 0 Å². The predicted molar refractivity (Wildman–Crippen MR) is 95.0 cm³/mol. The van der Waals surface area contributed by atoms with Crippen molar-refractivity contribution in [1.82, 2.24) is 19.8 Å². The second-order valence-electron chi connectivity index (χ2n) is 6.95. The molecular formula is C16H19ClN4O2S. The third kappa shape index (κ3) is 3.18. The summed E-state index contributed by atoms with van der Waals surface area (Å²) in [6.45, 7) is 6.14. The van der Waals surface area contributed by atoms with Gasteiger partial charge in [0.05, 0.1) is 11.4 Å². The number of aromatic amines is 1. The predicted octanol–water partition coefficient (Wildman–Crippen LogP) is 3.22. The first-order chi connectivity index (χ1) is 11.1. The molecule has 128 valence electrons. The summed E-state index contributed by atoms with van der Waals surface area (Å²) >= 11 is 6.44. The largest absolute Gasteiger partial charge is 0.278 e. The van der Waals surface area contributed by atoms with E-state index in [2.05, 4.69) is 15.2 Å². The summed E-state index contributed by atoms with van der Waals surface area (Å²) in [6.07, 6.45) is 1.21. The van der Waals surface area contributed by atoms with Crippen LogP contribution in [0.4, 0.5) is 0 Å². The van der Waals surface area contributed by atoms with Gasteiger partial charge in [-0.15, -0.1) is 5.10 Å². The van der Waals surface area contributed by atoms with Crippen molar-refractivity contribution in [2.75, 3.05) is 6.26 Å². The minimum atomic E-state index is -3.15. The number of H-pyrrole nitrogens is 1. The number of hydrogen-bond acceptors (Lipinski definition) is 4.